The van der Waals surface area contributed by atoms with Gasteiger partial charge in [0.1, 0.15) is 0 Å². The topological polar surface area (TPSA) is 81.2 Å². The average Bonchev–Trinajstić information content (AvgIpc) is 3.35. The van der Waals surface area contributed by atoms with Gasteiger partial charge in [0.05, 0.1) is 17.9 Å². The van der Waals surface area contributed by atoms with Crippen molar-refractivity contribution in [3.8, 4) is 16.9 Å². The molecule has 6 heteroatoms. The van der Waals surface area contributed by atoms with Crippen molar-refractivity contribution in [2.24, 2.45) is 5.73 Å². The molecule has 1 aliphatic heterocycles. The number of primary amides is 1. The van der Waals surface area contributed by atoms with E-state index in [0.717, 1.165) is 50.4 Å². The van der Waals surface area contributed by atoms with E-state index >= 15 is 0 Å². The number of carbonyl (C=O) groups excluding carboxylic acids is 2. The van der Waals surface area contributed by atoms with Gasteiger partial charge in [-0.2, -0.15) is 5.10 Å². The maximum Gasteiger partial charge on any atom is 0.279 e. The third kappa shape index (κ3) is 4.10. The first-order valence-electron chi connectivity index (χ1n) is 12.9. The molecule has 4 aromatic rings. The number of para-hydroxylation sites is 1. The van der Waals surface area contributed by atoms with Gasteiger partial charge in [-0.1, -0.05) is 57.2 Å². The Morgan fingerprint density at radius 2 is 1.58 bits per heavy atom. The number of aromatic nitrogens is 2. The molecule has 0 fully saturated rings. The number of hydrogen-bond acceptors (Lipinski definition) is 3. The average molecular weight is 507 g/mol. The second-order valence-electron chi connectivity index (χ2n) is 11.4. The lowest BCUT2D eigenvalue weighted by Crippen LogP contribution is -2.26. The van der Waals surface area contributed by atoms with Gasteiger partial charge in [0.25, 0.3) is 5.91 Å². The predicted molar refractivity (Wildman–Crippen MR) is 152 cm³/mol. The van der Waals surface area contributed by atoms with Crippen LogP contribution in [0.2, 0.25) is 0 Å². The first kappa shape index (κ1) is 25.5. The zero-order valence-corrected chi connectivity index (χ0v) is 23.1. The minimum atomic E-state index is -0.469. The highest BCUT2D eigenvalue weighted by molar-refractivity contribution is 6.10. The normalized spacial score (nSPS) is 13.2. The number of hydrogen-bond donors (Lipinski definition) is 1. The zero-order valence-electron chi connectivity index (χ0n) is 23.1. The Balaban J connectivity index is 1.73. The first-order chi connectivity index (χ1) is 17.9. The Labute approximate surface area is 224 Å². The van der Waals surface area contributed by atoms with Crippen molar-refractivity contribution < 1.29 is 9.59 Å². The molecule has 5 rings (SSSR count). The second-order valence-corrected chi connectivity index (χ2v) is 11.4. The van der Waals surface area contributed by atoms with Crippen molar-refractivity contribution in [3.05, 3.63) is 99.2 Å². The van der Waals surface area contributed by atoms with Crippen LogP contribution in [-0.4, -0.2) is 21.6 Å². The molecule has 0 bridgehead atoms. The first-order valence-corrected chi connectivity index (χ1v) is 12.9. The van der Waals surface area contributed by atoms with Crippen LogP contribution in [0.5, 0.6) is 0 Å². The monoisotopic (exact) mass is 506 g/mol. The molecule has 0 unspecified atom stereocenters. The van der Waals surface area contributed by atoms with E-state index in [1.54, 1.807) is 12.1 Å². The second kappa shape index (κ2) is 8.98. The van der Waals surface area contributed by atoms with E-state index in [0.29, 0.717) is 17.8 Å². The number of rotatable bonds is 4. The van der Waals surface area contributed by atoms with E-state index < -0.39 is 5.91 Å². The lowest BCUT2D eigenvalue weighted by Gasteiger charge is -2.25. The summed E-state index contributed by atoms with van der Waals surface area (Å²) in [4.78, 5) is 27.6. The van der Waals surface area contributed by atoms with E-state index in [1.165, 1.54) is 5.56 Å². The van der Waals surface area contributed by atoms with E-state index in [2.05, 4.69) is 65.0 Å². The van der Waals surface area contributed by atoms with Crippen LogP contribution in [0.25, 0.3) is 16.9 Å². The summed E-state index contributed by atoms with van der Waals surface area (Å²) in [7, 11) is 0. The highest BCUT2D eigenvalue weighted by atomic mass is 16.2. The van der Waals surface area contributed by atoms with Gasteiger partial charge in [-0.15, -0.1) is 0 Å². The number of fused-ring (bicyclic) bond motifs is 1. The van der Waals surface area contributed by atoms with Gasteiger partial charge in [0.2, 0.25) is 5.91 Å². The molecule has 6 nitrogen and oxygen atoms in total. The van der Waals surface area contributed by atoms with Crippen LogP contribution in [0.1, 0.15) is 75.0 Å². The van der Waals surface area contributed by atoms with Crippen LogP contribution in [-0.2, 0) is 12.0 Å². The van der Waals surface area contributed by atoms with Crippen molar-refractivity contribution in [3.63, 3.8) is 0 Å². The molecule has 0 spiro atoms. The molecule has 3 aromatic carbocycles. The molecule has 1 aliphatic rings. The largest absolute Gasteiger partial charge is 0.366 e. The number of carbonyl (C=O) groups is 2. The van der Waals surface area contributed by atoms with Crippen LogP contribution in [0.15, 0.2) is 54.6 Å². The van der Waals surface area contributed by atoms with Gasteiger partial charge < -0.3 is 10.6 Å². The summed E-state index contributed by atoms with van der Waals surface area (Å²) in [5.41, 5.74) is 16.2. The van der Waals surface area contributed by atoms with Crippen molar-refractivity contribution in [2.45, 2.75) is 60.4 Å². The highest BCUT2D eigenvalue weighted by Crippen LogP contribution is 2.40. The van der Waals surface area contributed by atoms with E-state index in [9.17, 15) is 9.59 Å². The van der Waals surface area contributed by atoms with Gasteiger partial charge in [0, 0.05) is 22.4 Å². The fourth-order valence-corrected chi connectivity index (χ4v) is 5.35. The molecule has 0 atom stereocenters. The Hall–Kier alpha value is -4.19. The number of nitrogens with two attached hydrogens (primary N) is 1. The molecule has 194 valence electrons. The Morgan fingerprint density at radius 3 is 2.18 bits per heavy atom. The fraction of sp³-hybridized carbons (Fsp3) is 0.281. The Kier molecular flexibility index (Phi) is 6.02. The highest BCUT2D eigenvalue weighted by Gasteiger charge is 2.37. The van der Waals surface area contributed by atoms with Crippen LogP contribution in [0, 0.1) is 27.7 Å². The molecule has 2 heterocycles. The van der Waals surface area contributed by atoms with Gasteiger partial charge in [0.15, 0.2) is 5.69 Å². The number of benzene rings is 3. The molecule has 1 aromatic heterocycles. The summed E-state index contributed by atoms with van der Waals surface area (Å²) in [6, 6.07) is 17.9. The standard InChI is InChI=1S/C32H34N4O2/c1-18-11-13-23(32(5,6)7)16-26(18)35-17-25-27(31(35)38)34-36(28-19(2)9-8-10-20(28)3)29(25)24-14-12-22(30(33)37)15-21(24)4/h8-16H,17H2,1-7H3,(H2,33,37). The van der Waals surface area contributed by atoms with Gasteiger partial charge in [-0.25, -0.2) is 4.68 Å². The van der Waals surface area contributed by atoms with Crippen molar-refractivity contribution in [2.75, 3.05) is 4.90 Å². The molecule has 0 saturated heterocycles. The molecule has 0 saturated carbocycles. The summed E-state index contributed by atoms with van der Waals surface area (Å²) < 4.78 is 1.91. The summed E-state index contributed by atoms with van der Waals surface area (Å²) in [6.45, 7) is 15.0. The van der Waals surface area contributed by atoms with Crippen LogP contribution in [0.4, 0.5) is 5.69 Å². The third-order valence-electron chi connectivity index (χ3n) is 7.53. The minimum Gasteiger partial charge on any atom is -0.366 e. The number of anilines is 1. The van der Waals surface area contributed by atoms with E-state index in [1.807, 2.05) is 35.6 Å². The van der Waals surface area contributed by atoms with Crippen LogP contribution < -0.4 is 10.6 Å². The van der Waals surface area contributed by atoms with Gasteiger partial charge in [-0.05, 0) is 79.1 Å². The van der Waals surface area contributed by atoms with Gasteiger partial charge >= 0.3 is 0 Å². The van der Waals surface area contributed by atoms with E-state index in [-0.39, 0.29) is 11.3 Å². The lowest BCUT2D eigenvalue weighted by molar-refractivity contribution is 0.0986. The summed E-state index contributed by atoms with van der Waals surface area (Å²) >= 11 is 0. The molecule has 38 heavy (non-hydrogen) atoms. The summed E-state index contributed by atoms with van der Waals surface area (Å²) in [5, 5.41) is 4.95. The molecule has 0 radical (unpaired) electrons. The van der Waals surface area contributed by atoms with Crippen LogP contribution in [0.3, 0.4) is 0 Å². The Bertz CT molecular complexity index is 1600. The lowest BCUT2D eigenvalue weighted by atomic mass is 9.86. The maximum absolute atomic E-state index is 13.9. The van der Waals surface area contributed by atoms with Crippen molar-refractivity contribution >= 4 is 17.5 Å². The van der Waals surface area contributed by atoms with E-state index in [4.69, 9.17) is 10.8 Å². The molecule has 0 aliphatic carbocycles. The van der Waals surface area contributed by atoms with Crippen molar-refractivity contribution in [1.82, 2.24) is 9.78 Å². The SMILES string of the molecule is Cc1cc(C(N)=O)ccc1-c1c2c(nn1-c1c(C)cccc1C)C(=O)N(c1cc(C(C)(C)C)ccc1C)C2. The van der Waals surface area contributed by atoms with Crippen molar-refractivity contribution in [1.29, 1.82) is 0 Å². The number of nitrogens with zero attached hydrogens (tertiary/aromatic N) is 3. The summed E-state index contributed by atoms with van der Waals surface area (Å²) in [6.07, 6.45) is 0. The summed E-state index contributed by atoms with van der Waals surface area (Å²) in [5.74, 6) is -0.574. The fourth-order valence-electron chi connectivity index (χ4n) is 5.35. The Morgan fingerprint density at radius 1 is 0.895 bits per heavy atom. The zero-order chi connectivity index (χ0) is 27.5. The number of amides is 2. The predicted octanol–water partition coefficient (Wildman–Crippen LogP) is 6.33. The maximum atomic E-state index is 13.9. The smallest absolute Gasteiger partial charge is 0.279 e. The molecule has 2 amide bonds. The van der Waals surface area contributed by atoms with Crippen LogP contribution >= 0.6 is 0 Å². The van der Waals surface area contributed by atoms with Gasteiger partial charge in [-0.3, -0.25) is 9.59 Å². The third-order valence-corrected chi connectivity index (χ3v) is 7.53. The number of aryl methyl sites for hydroxylation is 4. The quantitative estimate of drug-likeness (QED) is 0.351. The molecule has 2 N–H and O–H groups in total. The molecular weight excluding hydrogens is 472 g/mol. The minimum absolute atomic E-state index is 0.0402. The molecular formula is C32H34N4O2.